The zero-order valence-corrected chi connectivity index (χ0v) is 6.53. The number of carbonyl (C=O) groups is 1. The lowest BCUT2D eigenvalue weighted by Gasteiger charge is -2.05. The largest absolute Gasteiger partial charge is 0.454 e. The Bertz CT molecular complexity index is 368. The lowest BCUT2D eigenvalue weighted by molar-refractivity contribution is -0.0887. The topological polar surface area (TPSA) is 17.1 Å². The Kier molecular flexibility index (Phi) is 2.55. The average Bonchev–Trinajstić information content (AvgIpc) is 2.01. The molecule has 0 aromatic heterocycles. The van der Waals surface area contributed by atoms with Crippen LogP contribution in [0.5, 0.6) is 0 Å². The molecule has 0 aliphatic carbocycles. The van der Waals surface area contributed by atoms with Crippen molar-refractivity contribution in [3.05, 3.63) is 35.4 Å². The van der Waals surface area contributed by atoms with Gasteiger partial charge in [0.25, 0.3) is 5.78 Å². The zero-order valence-electron chi connectivity index (χ0n) is 6.53. The summed E-state index contributed by atoms with van der Waals surface area (Å²) in [6, 6.07) is 1.27. The minimum absolute atomic E-state index is 0.221. The zero-order chi connectivity index (χ0) is 10.9. The van der Waals surface area contributed by atoms with Gasteiger partial charge in [-0.05, 0) is 12.1 Å². The molecular formula is C8H3F5O. The van der Waals surface area contributed by atoms with E-state index in [2.05, 4.69) is 0 Å². The molecule has 1 rings (SSSR count). The van der Waals surface area contributed by atoms with E-state index in [-0.39, 0.29) is 6.07 Å². The summed E-state index contributed by atoms with van der Waals surface area (Å²) >= 11 is 0. The summed E-state index contributed by atoms with van der Waals surface area (Å²) in [6.45, 7) is 0. The van der Waals surface area contributed by atoms with Crippen molar-refractivity contribution in [3.63, 3.8) is 0 Å². The van der Waals surface area contributed by atoms with Crippen molar-refractivity contribution in [2.24, 2.45) is 0 Å². The van der Waals surface area contributed by atoms with E-state index in [9.17, 15) is 26.7 Å². The summed E-state index contributed by atoms with van der Waals surface area (Å²) in [6.07, 6.45) is -5.15. The van der Waals surface area contributed by atoms with E-state index in [4.69, 9.17) is 0 Å². The van der Waals surface area contributed by atoms with E-state index in [0.717, 1.165) is 0 Å². The van der Waals surface area contributed by atoms with E-state index < -0.39 is 29.2 Å². The summed E-state index contributed by atoms with van der Waals surface area (Å²) in [5.41, 5.74) is -1.18. The van der Waals surface area contributed by atoms with Crippen molar-refractivity contribution in [1.29, 1.82) is 0 Å². The second kappa shape index (κ2) is 3.36. The van der Waals surface area contributed by atoms with Crippen LogP contribution >= 0.6 is 0 Å². The molecule has 0 amide bonds. The first-order valence-electron chi connectivity index (χ1n) is 3.39. The summed E-state index contributed by atoms with van der Waals surface area (Å²) in [5.74, 6) is -4.89. The molecule has 6 heteroatoms. The Morgan fingerprint density at radius 3 is 2.14 bits per heavy atom. The molecule has 0 bridgehead atoms. The molecule has 0 aliphatic heterocycles. The minimum Gasteiger partial charge on any atom is -0.284 e. The van der Waals surface area contributed by atoms with Crippen LogP contribution in [0.15, 0.2) is 18.2 Å². The Labute approximate surface area is 75.2 Å². The fourth-order valence-corrected chi connectivity index (χ4v) is 0.826. The van der Waals surface area contributed by atoms with Gasteiger partial charge in [0.1, 0.15) is 11.6 Å². The predicted molar refractivity (Wildman–Crippen MR) is 36.7 cm³/mol. The van der Waals surface area contributed by atoms with Gasteiger partial charge in [-0.1, -0.05) is 0 Å². The first kappa shape index (κ1) is 10.6. The van der Waals surface area contributed by atoms with E-state index in [1.54, 1.807) is 0 Å². The van der Waals surface area contributed by atoms with Gasteiger partial charge < -0.3 is 0 Å². The molecule has 14 heavy (non-hydrogen) atoms. The molecule has 1 aromatic rings. The lowest BCUT2D eigenvalue weighted by atomic mass is 10.1. The van der Waals surface area contributed by atoms with Gasteiger partial charge in [0.05, 0.1) is 5.56 Å². The van der Waals surface area contributed by atoms with Gasteiger partial charge in [0.2, 0.25) is 0 Å². The van der Waals surface area contributed by atoms with Crippen LogP contribution in [-0.4, -0.2) is 12.0 Å². The van der Waals surface area contributed by atoms with E-state index in [1.165, 1.54) is 0 Å². The molecule has 0 heterocycles. The molecule has 0 saturated heterocycles. The van der Waals surface area contributed by atoms with Crippen LogP contribution in [0.25, 0.3) is 0 Å². The van der Waals surface area contributed by atoms with Crippen molar-refractivity contribution in [1.82, 2.24) is 0 Å². The summed E-state index contributed by atoms with van der Waals surface area (Å²) in [7, 11) is 0. The molecule has 0 atom stereocenters. The SMILES string of the molecule is O=C(c1ccc(F)cc1F)C(F)(F)F. The Morgan fingerprint density at radius 2 is 1.71 bits per heavy atom. The first-order chi connectivity index (χ1) is 6.32. The fourth-order valence-electron chi connectivity index (χ4n) is 0.826. The number of hydrogen-bond donors (Lipinski definition) is 0. The number of rotatable bonds is 1. The summed E-state index contributed by atoms with van der Waals surface area (Å²) in [5, 5.41) is 0. The number of carbonyl (C=O) groups excluding carboxylic acids is 1. The molecule has 1 nitrogen and oxygen atoms in total. The van der Waals surface area contributed by atoms with Crippen LogP contribution < -0.4 is 0 Å². The third kappa shape index (κ3) is 2.07. The molecule has 0 unspecified atom stereocenters. The number of Topliss-reactive ketones (excluding diaryl/α,β-unsaturated/α-hetero) is 1. The van der Waals surface area contributed by atoms with Crippen LogP contribution in [0, 0.1) is 11.6 Å². The van der Waals surface area contributed by atoms with Crippen molar-refractivity contribution in [2.45, 2.75) is 6.18 Å². The highest BCUT2D eigenvalue weighted by atomic mass is 19.4. The molecule has 1 aromatic carbocycles. The normalized spacial score (nSPS) is 11.5. The van der Waals surface area contributed by atoms with Crippen LogP contribution in [0.2, 0.25) is 0 Å². The van der Waals surface area contributed by atoms with E-state index in [0.29, 0.717) is 12.1 Å². The fraction of sp³-hybridized carbons (Fsp3) is 0.125. The van der Waals surface area contributed by atoms with Crippen molar-refractivity contribution in [2.75, 3.05) is 0 Å². The highest BCUT2D eigenvalue weighted by molar-refractivity contribution is 6.00. The Morgan fingerprint density at radius 1 is 1.14 bits per heavy atom. The van der Waals surface area contributed by atoms with Crippen molar-refractivity contribution >= 4 is 5.78 Å². The number of ketones is 1. The summed E-state index contributed by atoms with van der Waals surface area (Å²) in [4.78, 5) is 10.5. The maximum atomic E-state index is 12.7. The molecule has 0 N–H and O–H groups in total. The molecule has 76 valence electrons. The number of alkyl halides is 3. The Hall–Kier alpha value is -1.46. The maximum absolute atomic E-state index is 12.7. The molecule has 0 aliphatic rings. The molecular weight excluding hydrogens is 207 g/mol. The van der Waals surface area contributed by atoms with Gasteiger partial charge in [0, 0.05) is 6.07 Å². The minimum atomic E-state index is -5.15. The second-order valence-electron chi connectivity index (χ2n) is 2.45. The molecule has 0 saturated carbocycles. The third-order valence-corrected chi connectivity index (χ3v) is 1.43. The molecule has 0 fully saturated rings. The van der Waals surface area contributed by atoms with Gasteiger partial charge in [-0.15, -0.1) is 0 Å². The number of halogens is 5. The van der Waals surface area contributed by atoms with Crippen LogP contribution in [-0.2, 0) is 0 Å². The Balaban J connectivity index is 3.15. The first-order valence-corrected chi connectivity index (χ1v) is 3.39. The van der Waals surface area contributed by atoms with Crippen LogP contribution in [0.3, 0.4) is 0 Å². The standard InChI is InChI=1S/C8H3F5O/c9-4-1-2-5(6(10)3-4)7(14)8(11,12)13/h1-3H. The predicted octanol–water partition coefficient (Wildman–Crippen LogP) is 2.71. The quantitative estimate of drug-likeness (QED) is 0.514. The monoisotopic (exact) mass is 210 g/mol. The van der Waals surface area contributed by atoms with E-state index in [1.807, 2.05) is 0 Å². The van der Waals surface area contributed by atoms with Crippen molar-refractivity contribution < 1.29 is 26.7 Å². The van der Waals surface area contributed by atoms with Gasteiger partial charge >= 0.3 is 6.18 Å². The average molecular weight is 210 g/mol. The smallest absolute Gasteiger partial charge is 0.284 e. The second-order valence-corrected chi connectivity index (χ2v) is 2.45. The third-order valence-electron chi connectivity index (χ3n) is 1.43. The number of hydrogen-bond acceptors (Lipinski definition) is 1. The number of benzene rings is 1. The van der Waals surface area contributed by atoms with Crippen molar-refractivity contribution in [3.8, 4) is 0 Å². The molecule has 0 spiro atoms. The highest BCUT2D eigenvalue weighted by Crippen LogP contribution is 2.23. The summed E-state index contributed by atoms with van der Waals surface area (Å²) < 4.78 is 60.4. The van der Waals surface area contributed by atoms with Gasteiger partial charge in [0.15, 0.2) is 0 Å². The van der Waals surface area contributed by atoms with Crippen LogP contribution in [0.4, 0.5) is 22.0 Å². The molecule has 0 radical (unpaired) electrons. The maximum Gasteiger partial charge on any atom is 0.454 e. The van der Waals surface area contributed by atoms with Crippen LogP contribution in [0.1, 0.15) is 10.4 Å². The van der Waals surface area contributed by atoms with Gasteiger partial charge in [-0.2, -0.15) is 13.2 Å². The van der Waals surface area contributed by atoms with E-state index >= 15 is 0 Å². The highest BCUT2D eigenvalue weighted by Gasteiger charge is 2.40. The lowest BCUT2D eigenvalue weighted by Crippen LogP contribution is -2.23. The van der Waals surface area contributed by atoms with Gasteiger partial charge in [-0.3, -0.25) is 4.79 Å². The van der Waals surface area contributed by atoms with Gasteiger partial charge in [-0.25, -0.2) is 8.78 Å².